The summed E-state index contributed by atoms with van der Waals surface area (Å²) >= 11 is 0. The molecule has 1 rings (SSSR count). The van der Waals surface area contributed by atoms with Crippen molar-refractivity contribution in [3.05, 3.63) is 35.9 Å². The molecule has 0 heterocycles. The van der Waals surface area contributed by atoms with Crippen LogP contribution in [0.5, 0.6) is 0 Å². The topological polar surface area (TPSA) is 152 Å². The zero-order valence-electron chi connectivity index (χ0n) is 24.2. The Hall–Kier alpha value is -3.83. The molecule has 12 nitrogen and oxygen atoms in total. The van der Waals surface area contributed by atoms with E-state index in [0.29, 0.717) is 0 Å². The van der Waals surface area contributed by atoms with E-state index in [0.717, 1.165) is 5.56 Å². The fourth-order valence-electron chi connectivity index (χ4n) is 3.04. The number of hydrogen-bond acceptors (Lipinski definition) is 8. The standard InChI is InChI=1S/C27H42N4O8/c1-17(29-24(35)38-26(2,3)4)21(22(33)28-16-18-13-11-10-12-14-18)37-23(34)19(15-20(32)31(8)9)30-25(36)39-27(5,6)7/h10-14,17,19,21H,15-16H2,1-9H3,(H,28,33)(H,29,35)(H,30,36)/t17-,19-,21?/m0/s1. The average molecular weight is 551 g/mol. The number of alkyl carbamates (subject to hydrolysis) is 2. The summed E-state index contributed by atoms with van der Waals surface area (Å²) in [7, 11) is 2.98. The Morgan fingerprint density at radius 3 is 1.85 bits per heavy atom. The first-order valence-electron chi connectivity index (χ1n) is 12.6. The van der Waals surface area contributed by atoms with E-state index in [9.17, 15) is 24.0 Å². The molecule has 1 aromatic rings. The lowest BCUT2D eigenvalue weighted by molar-refractivity contribution is -0.160. The van der Waals surface area contributed by atoms with Gasteiger partial charge in [0.1, 0.15) is 17.2 Å². The van der Waals surface area contributed by atoms with Crippen molar-refractivity contribution in [2.75, 3.05) is 14.1 Å². The lowest BCUT2D eigenvalue weighted by Crippen LogP contribution is -2.54. The molecule has 0 aliphatic heterocycles. The highest BCUT2D eigenvalue weighted by Gasteiger charge is 2.36. The van der Waals surface area contributed by atoms with Gasteiger partial charge in [-0.15, -0.1) is 0 Å². The Morgan fingerprint density at radius 1 is 0.846 bits per heavy atom. The molecule has 0 bridgehead atoms. The third-order valence-corrected chi connectivity index (χ3v) is 4.86. The molecule has 0 aromatic heterocycles. The van der Waals surface area contributed by atoms with Crippen LogP contribution in [0.2, 0.25) is 0 Å². The van der Waals surface area contributed by atoms with Crippen LogP contribution in [0.25, 0.3) is 0 Å². The molecule has 218 valence electrons. The first kappa shape index (κ1) is 33.2. The number of carbonyl (C=O) groups excluding carboxylic acids is 5. The van der Waals surface area contributed by atoms with E-state index in [4.69, 9.17) is 14.2 Å². The number of carbonyl (C=O) groups is 5. The molecule has 0 saturated carbocycles. The number of ether oxygens (including phenoxy) is 3. The van der Waals surface area contributed by atoms with Gasteiger partial charge in [-0.2, -0.15) is 0 Å². The van der Waals surface area contributed by atoms with Crippen molar-refractivity contribution in [1.29, 1.82) is 0 Å². The number of esters is 1. The number of nitrogens with one attached hydrogen (secondary N) is 3. The van der Waals surface area contributed by atoms with Crippen LogP contribution in [-0.4, -0.2) is 78.4 Å². The van der Waals surface area contributed by atoms with Gasteiger partial charge in [-0.3, -0.25) is 9.59 Å². The largest absolute Gasteiger partial charge is 0.448 e. The second-order valence-electron chi connectivity index (χ2n) is 11.2. The van der Waals surface area contributed by atoms with E-state index in [1.54, 1.807) is 65.8 Å². The summed E-state index contributed by atoms with van der Waals surface area (Å²) in [5.41, 5.74) is -0.874. The molecule has 0 saturated heterocycles. The maximum absolute atomic E-state index is 13.2. The molecule has 0 spiro atoms. The van der Waals surface area contributed by atoms with E-state index in [2.05, 4.69) is 16.0 Å². The average Bonchev–Trinajstić information content (AvgIpc) is 2.78. The molecular weight excluding hydrogens is 508 g/mol. The highest BCUT2D eigenvalue weighted by atomic mass is 16.6. The van der Waals surface area contributed by atoms with Crippen molar-refractivity contribution >= 4 is 30.0 Å². The molecule has 12 heteroatoms. The summed E-state index contributed by atoms with van der Waals surface area (Å²) in [5.74, 6) is -2.24. The normalized spacial score (nSPS) is 13.7. The molecule has 4 amide bonds. The molecule has 1 aromatic carbocycles. The third kappa shape index (κ3) is 13.5. The Bertz CT molecular complexity index is 999. The van der Waals surface area contributed by atoms with Crippen molar-refractivity contribution in [3.8, 4) is 0 Å². The van der Waals surface area contributed by atoms with Gasteiger partial charge in [0, 0.05) is 20.6 Å². The van der Waals surface area contributed by atoms with E-state index < -0.39 is 65.8 Å². The number of hydrogen-bond donors (Lipinski definition) is 3. The molecule has 3 N–H and O–H groups in total. The maximum atomic E-state index is 13.2. The molecule has 1 unspecified atom stereocenters. The summed E-state index contributed by atoms with van der Waals surface area (Å²) in [6, 6.07) is 6.55. The van der Waals surface area contributed by atoms with Gasteiger partial charge >= 0.3 is 18.2 Å². The Labute approximate surface area is 230 Å². The predicted molar refractivity (Wildman–Crippen MR) is 143 cm³/mol. The van der Waals surface area contributed by atoms with Crippen molar-refractivity contribution in [2.24, 2.45) is 0 Å². The minimum atomic E-state index is -1.52. The fraction of sp³-hybridized carbons (Fsp3) is 0.593. The minimum Gasteiger partial charge on any atom is -0.448 e. The van der Waals surface area contributed by atoms with Crippen LogP contribution < -0.4 is 16.0 Å². The van der Waals surface area contributed by atoms with Crippen molar-refractivity contribution in [2.45, 2.75) is 90.8 Å². The molecule has 0 fully saturated rings. The van der Waals surface area contributed by atoms with Crippen LogP contribution in [-0.2, 0) is 35.1 Å². The predicted octanol–water partition coefficient (Wildman–Crippen LogP) is 2.50. The lowest BCUT2D eigenvalue weighted by atomic mass is 10.1. The zero-order valence-corrected chi connectivity index (χ0v) is 24.2. The Kier molecular flexibility index (Phi) is 12.2. The number of rotatable bonds is 10. The fourth-order valence-corrected chi connectivity index (χ4v) is 3.04. The van der Waals surface area contributed by atoms with Crippen molar-refractivity contribution < 1.29 is 38.2 Å². The molecule has 39 heavy (non-hydrogen) atoms. The maximum Gasteiger partial charge on any atom is 0.408 e. The van der Waals surface area contributed by atoms with Gasteiger partial charge in [-0.05, 0) is 54.0 Å². The molecule has 0 radical (unpaired) electrons. The summed E-state index contributed by atoms with van der Waals surface area (Å²) in [6.07, 6.45) is -3.73. The van der Waals surface area contributed by atoms with Crippen molar-refractivity contribution in [1.82, 2.24) is 20.9 Å². The van der Waals surface area contributed by atoms with Gasteiger partial charge in [0.05, 0.1) is 12.5 Å². The van der Waals surface area contributed by atoms with Crippen LogP contribution in [0.15, 0.2) is 30.3 Å². The Morgan fingerprint density at radius 2 is 1.36 bits per heavy atom. The first-order valence-corrected chi connectivity index (χ1v) is 12.6. The summed E-state index contributed by atoms with van der Waals surface area (Å²) in [5, 5.41) is 7.53. The van der Waals surface area contributed by atoms with Gasteiger partial charge in [-0.1, -0.05) is 30.3 Å². The van der Waals surface area contributed by atoms with Crippen LogP contribution in [0, 0.1) is 0 Å². The van der Waals surface area contributed by atoms with E-state index in [1.807, 2.05) is 6.07 Å². The lowest BCUT2D eigenvalue weighted by Gasteiger charge is -2.28. The van der Waals surface area contributed by atoms with E-state index in [1.165, 1.54) is 25.9 Å². The summed E-state index contributed by atoms with van der Waals surface area (Å²) < 4.78 is 16.0. The monoisotopic (exact) mass is 550 g/mol. The minimum absolute atomic E-state index is 0.131. The quantitative estimate of drug-likeness (QED) is 0.297. The SMILES string of the molecule is C[C@H](NC(=O)OC(C)(C)C)C(OC(=O)[C@H](CC(=O)N(C)C)NC(=O)OC(C)(C)C)C(=O)NCc1ccccc1. The highest BCUT2D eigenvalue weighted by Crippen LogP contribution is 2.12. The van der Waals surface area contributed by atoms with Gasteiger partial charge in [0.15, 0.2) is 6.10 Å². The van der Waals surface area contributed by atoms with E-state index in [-0.39, 0.29) is 6.54 Å². The van der Waals surface area contributed by atoms with Crippen LogP contribution >= 0.6 is 0 Å². The Balaban J connectivity index is 3.16. The first-order chi connectivity index (χ1) is 17.9. The smallest absolute Gasteiger partial charge is 0.408 e. The van der Waals surface area contributed by atoms with Gasteiger partial charge < -0.3 is 35.1 Å². The summed E-state index contributed by atoms with van der Waals surface area (Å²) in [6.45, 7) is 11.5. The number of nitrogens with zero attached hydrogens (tertiary/aromatic N) is 1. The van der Waals surface area contributed by atoms with Gasteiger partial charge in [-0.25, -0.2) is 14.4 Å². The van der Waals surface area contributed by atoms with Crippen LogP contribution in [0.1, 0.15) is 60.5 Å². The molecular formula is C27H42N4O8. The van der Waals surface area contributed by atoms with Crippen LogP contribution in [0.3, 0.4) is 0 Å². The summed E-state index contributed by atoms with van der Waals surface area (Å²) in [4.78, 5) is 64.8. The second kappa shape index (κ2) is 14.4. The van der Waals surface area contributed by atoms with Crippen molar-refractivity contribution in [3.63, 3.8) is 0 Å². The number of benzene rings is 1. The van der Waals surface area contributed by atoms with Gasteiger partial charge in [0.2, 0.25) is 5.91 Å². The molecule has 0 aliphatic carbocycles. The highest BCUT2D eigenvalue weighted by molar-refractivity contribution is 5.90. The number of amides is 4. The zero-order chi connectivity index (χ0) is 30.0. The van der Waals surface area contributed by atoms with Crippen LogP contribution in [0.4, 0.5) is 9.59 Å². The van der Waals surface area contributed by atoms with Gasteiger partial charge in [0.25, 0.3) is 5.91 Å². The molecule has 3 atom stereocenters. The molecule has 0 aliphatic rings. The van der Waals surface area contributed by atoms with E-state index >= 15 is 0 Å². The third-order valence-electron chi connectivity index (χ3n) is 4.86. The second-order valence-corrected chi connectivity index (χ2v) is 11.2.